The van der Waals surface area contributed by atoms with E-state index in [4.69, 9.17) is 0 Å². The molecule has 8 heteroatoms. The van der Waals surface area contributed by atoms with Crippen LogP contribution in [-0.4, -0.2) is 62.5 Å². The summed E-state index contributed by atoms with van der Waals surface area (Å²) in [6, 6.07) is 5.23. The molecule has 2 rings (SSSR count). The Morgan fingerprint density at radius 3 is 2.50 bits per heavy atom. The van der Waals surface area contributed by atoms with Gasteiger partial charge in [0.25, 0.3) is 0 Å². The Morgan fingerprint density at radius 2 is 1.96 bits per heavy atom. The molecule has 0 radical (unpaired) electrons. The van der Waals surface area contributed by atoms with Gasteiger partial charge in [0.15, 0.2) is 15.8 Å². The number of benzene rings is 1. The summed E-state index contributed by atoms with van der Waals surface area (Å²) in [6.07, 6.45) is 0. The summed E-state index contributed by atoms with van der Waals surface area (Å²) in [5.74, 6) is 0.530. The van der Waals surface area contributed by atoms with Gasteiger partial charge in [0.05, 0.1) is 22.7 Å². The molecule has 1 saturated heterocycles. The fraction of sp³-hybridized carbons (Fsp3) is 0.650. The Kier molecular flexibility index (Phi) is 7.31. The van der Waals surface area contributed by atoms with Gasteiger partial charge in [0.2, 0.25) is 0 Å². The molecule has 0 unspecified atom stereocenters. The number of nitrogens with one attached hydrogen (secondary N) is 1. The molecule has 1 heterocycles. The summed E-state index contributed by atoms with van der Waals surface area (Å²) in [7, 11) is -3.11. The molecule has 1 N–H and O–H groups in total. The molecule has 1 aromatic rings. The van der Waals surface area contributed by atoms with Crippen molar-refractivity contribution >= 4 is 21.5 Å². The van der Waals surface area contributed by atoms with E-state index >= 15 is 0 Å². The third-order valence-corrected chi connectivity index (χ3v) is 7.74. The van der Waals surface area contributed by atoms with Gasteiger partial charge in [-0.3, -0.25) is 0 Å². The van der Waals surface area contributed by atoms with E-state index in [0.717, 1.165) is 18.7 Å². The van der Waals surface area contributed by atoms with Crippen molar-refractivity contribution < 1.29 is 12.8 Å². The van der Waals surface area contributed by atoms with Crippen LogP contribution in [0.4, 0.5) is 10.1 Å². The minimum absolute atomic E-state index is 0.109. The van der Waals surface area contributed by atoms with E-state index in [0.29, 0.717) is 37.8 Å². The van der Waals surface area contributed by atoms with Crippen LogP contribution in [-0.2, 0) is 16.4 Å². The fourth-order valence-corrected chi connectivity index (χ4v) is 4.75. The second-order valence-electron chi connectivity index (χ2n) is 7.63. The Hall–Kier alpha value is -1.83. The molecule has 158 valence electrons. The number of halogens is 1. The van der Waals surface area contributed by atoms with Gasteiger partial charge in [-0.25, -0.2) is 17.8 Å². The van der Waals surface area contributed by atoms with Gasteiger partial charge < -0.3 is 15.1 Å². The fourth-order valence-electron chi connectivity index (χ4n) is 3.39. The number of aliphatic imine (C=N–C) groups is 1. The van der Waals surface area contributed by atoms with Crippen LogP contribution >= 0.6 is 0 Å². The Labute approximate surface area is 168 Å². The number of sulfone groups is 1. The largest absolute Gasteiger partial charge is 0.370 e. The van der Waals surface area contributed by atoms with Gasteiger partial charge in [-0.15, -0.1) is 0 Å². The van der Waals surface area contributed by atoms with Gasteiger partial charge in [0, 0.05) is 32.7 Å². The van der Waals surface area contributed by atoms with Gasteiger partial charge in [-0.1, -0.05) is 6.07 Å². The lowest BCUT2D eigenvalue weighted by Crippen LogP contribution is -2.57. The topological polar surface area (TPSA) is 65.0 Å². The highest BCUT2D eigenvalue weighted by Gasteiger charge is 2.40. The van der Waals surface area contributed by atoms with E-state index in [1.54, 1.807) is 19.9 Å². The van der Waals surface area contributed by atoms with Gasteiger partial charge >= 0.3 is 0 Å². The van der Waals surface area contributed by atoms with E-state index in [9.17, 15) is 12.8 Å². The van der Waals surface area contributed by atoms with Gasteiger partial charge in [-0.05, 0) is 52.3 Å². The van der Waals surface area contributed by atoms with Gasteiger partial charge in [-0.2, -0.15) is 0 Å². The molecule has 0 saturated carbocycles. The third-order valence-electron chi connectivity index (χ3n) is 5.21. The second kappa shape index (κ2) is 9.11. The molecule has 1 aliphatic rings. The molecule has 0 aromatic heterocycles. The minimum atomic E-state index is -3.11. The average Bonchev–Trinajstić information content (AvgIpc) is 2.63. The van der Waals surface area contributed by atoms with E-state index in [1.807, 2.05) is 36.6 Å². The number of rotatable bonds is 6. The Balaban J connectivity index is 2.18. The molecule has 0 bridgehead atoms. The lowest BCUT2D eigenvalue weighted by molar-refractivity contribution is 0.353. The molecule has 6 nitrogen and oxygen atoms in total. The summed E-state index contributed by atoms with van der Waals surface area (Å²) in [4.78, 5) is 8.59. The summed E-state index contributed by atoms with van der Waals surface area (Å²) in [5.41, 5.74) is 1.39. The van der Waals surface area contributed by atoms with Crippen LogP contribution in [0.3, 0.4) is 0 Å². The monoisotopic (exact) mass is 412 g/mol. The maximum absolute atomic E-state index is 14.5. The lowest BCUT2D eigenvalue weighted by Gasteiger charge is -2.39. The molecular formula is C20H33FN4O2S. The zero-order valence-corrected chi connectivity index (χ0v) is 18.4. The predicted octanol–water partition coefficient (Wildman–Crippen LogP) is 2.65. The summed E-state index contributed by atoms with van der Waals surface area (Å²) in [6.45, 7) is 12.8. The highest BCUT2D eigenvalue weighted by Crippen LogP contribution is 2.24. The van der Waals surface area contributed by atoms with Crippen molar-refractivity contribution in [2.45, 2.75) is 45.9 Å². The standard InChI is InChI=1S/C20H33FN4O2S/c1-6-22-19(25-11-12-28(26,27)20(4,5)15-25)23-14-16-9-10-18(17(21)13-16)24(7-2)8-3/h9-10,13H,6-8,11-12,14-15H2,1-5H3,(H,22,23). The molecular weight excluding hydrogens is 379 g/mol. The number of hydrogen-bond donors (Lipinski definition) is 1. The normalized spacial score (nSPS) is 18.8. The zero-order valence-electron chi connectivity index (χ0n) is 17.6. The van der Waals surface area contributed by atoms with Crippen molar-refractivity contribution in [1.82, 2.24) is 10.2 Å². The average molecular weight is 413 g/mol. The second-order valence-corrected chi connectivity index (χ2v) is 10.4. The number of hydrogen-bond acceptors (Lipinski definition) is 4. The molecule has 1 aromatic carbocycles. The van der Waals surface area contributed by atoms with Crippen LogP contribution in [0, 0.1) is 5.82 Å². The maximum atomic E-state index is 14.5. The van der Waals surface area contributed by atoms with E-state index in [-0.39, 0.29) is 11.6 Å². The van der Waals surface area contributed by atoms with Crippen LogP contribution < -0.4 is 10.2 Å². The first-order valence-corrected chi connectivity index (χ1v) is 11.6. The zero-order chi connectivity index (χ0) is 20.9. The molecule has 1 fully saturated rings. The number of guanidine groups is 1. The quantitative estimate of drug-likeness (QED) is 0.575. The molecule has 0 spiro atoms. The third kappa shape index (κ3) is 4.96. The van der Waals surface area contributed by atoms with Crippen molar-refractivity contribution in [3.8, 4) is 0 Å². The van der Waals surface area contributed by atoms with Crippen LogP contribution in [0.2, 0.25) is 0 Å². The highest BCUT2D eigenvalue weighted by atomic mass is 32.2. The van der Waals surface area contributed by atoms with E-state index in [1.165, 1.54) is 6.07 Å². The predicted molar refractivity (Wildman–Crippen MR) is 114 cm³/mol. The summed E-state index contributed by atoms with van der Waals surface area (Å²) >= 11 is 0. The molecule has 1 aliphatic heterocycles. The van der Waals surface area contributed by atoms with Crippen molar-refractivity contribution in [1.29, 1.82) is 0 Å². The molecule has 0 amide bonds. The Bertz CT molecular complexity index is 804. The van der Waals surface area contributed by atoms with Crippen molar-refractivity contribution in [2.75, 3.05) is 43.4 Å². The number of nitrogens with zero attached hydrogens (tertiary/aromatic N) is 3. The smallest absolute Gasteiger partial charge is 0.194 e. The first kappa shape index (κ1) is 22.5. The molecule has 28 heavy (non-hydrogen) atoms. The SMILES string of the molecule is CCNC(=NCc1ccc(N(CC)CC)c(F)c1)N1CCS(=O)(=O)C(C)(C)C1. The van der Waals surface area contributed by atoms with Crippen molar-refractivity contribution in [2.24, 2.45) is 4.99 Å². The highest BCUT2D eigenvalue weighted by molar-refractivity contribution is 7.92. The molecule has 0 atom stereocenters. The van der Waals surface area contributed by atoms with Crippen LogP contribution in [0.25, 0.3) is 0 Å². The summed E-state index contributed by atoms with van der Waals surface area (Å²) < 4.78 is 38.2. The number of anilines is 1. The van der Waals surface area contributed by atoms with Crippen LogP contribution in [0.1, 0.15) is 40.2 Å². The van der Waals surface area contributed by atoms with E-state index in [2.05, 4.69) is 10.3 Å². The van der Waals surface area contributed by atoms with Gasteiger partial charge in [0.1, 0.15) is 5.82 Å². The van der Waals surface area contributed by atoms with Crippen molar-refractivity contribution in [3.05, 3.63) is 29.6 Å². The first-order valence-electron chi connectivity index (χ1n) is 9.94. The Morgan fingerprint density at radius 1 is 1.29 bits per heavy atom. The van der Waals surface area contributed by atoms with Crippen LogP contribution in [0.15, 0.2) is 23.2 Å². The van der Waals surface area contributed by atoms with E-state index < -0.39 is 14.6 Å². The summed E-state index contributed by atoms with van der Waals surface area (Å²) in [5, 5.41) is 3.23. The first-order chi connectivity index (χ1) is 13.1. The maximum Gasteiger partial charge on any atom is 0.194 e. The lowest BCUT2D eigenvalue weighted by atomic mass is 10.1. The molecule has 0 aliphatic carbocycles. The minimum Gasteiger partial charge on any atom is -0.370 e. The van der Waals surface area contributed by atoms with Crippen molar-refractivity contribution in [3.63, 3.8) is 0 Å². The van der Waals surface area contributed by atoms with Crippen LogP contribution in [0.5, 0.6) is 0 Å².